The number of aromatic nitrogens is 4. The molecule has 0 unspecified atom stereocenters. The summed E-state index contributed by atoms with van der Waals surface area (Å²) in [6.45, 7) is 0. The van der Waals surface area contributed by atoms with Gasteiger partial charge in [-0.15, -0.1) is 0 Å². The van der Waals surface area contributed by atoms with Crippen LogP contribution in [0.15, 0.2) is 12.7 Å². The van der Waals surface area contributed by atoms with Crippen LogP contribution in [0.3, 0.4) is 0 Å². The van der Waals surface area contributed by atoms with Gasteiger partial charge in [-0.05, 0) is 12.2 Å². The number of nitrogens with zero attached hydrogens (tertiary/aromatic N) is 4. The molecule has 0 saturated carbocycles. The molecule has 16 heteroatoms. The number of nitrogens with two attached hydrogens (primary N) is 1. The summed E-state index contributed by atoms with van der Waals surface area (Å²) in [7, 11) is 0.991. The van der Waals surface area contributed by atoms with Gasteiger partial charge in [0.25, 0.3) is 0 Å². The van der Waals surface area contributed by atoms with E-state index in [1.807, 2.05) is 0 Å². The molecule has 5 atom stereocenters. The summed E-state index contributed by atoms with van der Waals surface area (Å²) in [6.07, 6.45) is -7.19. The second-order valence-corrected chi connectivity index (χ2v) is 8.19. The van der Waals surface area contributed by atoms with Crippen LogP contribution in [0, 0.1) is 0 Å². The summed E-state index contributed by atoms with van der Waals surface area (Å²) in [6, 6.07) is -1.49. The Hall–Kier alpha value is -2.69. The Kier molecular flexibility index (Phi) is 7.61. The number of carbonyl (C=O) groups excluding carboxylic acids is 2. The van der Waals surface area contributed by atoms with Gasteiger partial charge in [-0.1, -0.05) is 0 Å². The number of anilines is 1. The number of carbonyl (C=O) groups is 2. The normalized spacial score (nSPS) is 24.1. The van der Waals surface area contributed by atoms with E-state index in [1.165, 1.54) is 17.2 Å². The maximum Gasteiger partial charge on any atom is 0.471 e. The first-order chi connectivity index (χ1) is 15.5. The molecule has 12 nitrogen and oxygen atoms in total. The highest BCUT2D eigenvalue weighted by molar-refractivity contribution is 7.99. The van der Waals surface area contributed by atoms with Gasteiger partial charge >= 0.3 is 18.1 Å². The summed E-state index contributed by atoms with van der Waals surface area (Å²) in [5.74, 6) is -2.87. The number of nitrogens with one attached hydrogen (secondary N) is 1. The van der Waals surface area contributed by atoms with Crippen molar-refractivity contribution in [1.29, 1.82) is 0 Å². The number of ether oxygens (including phenoxy) is 2. The second kappa shape index (κ2) is 10.1. The summed E-state index contributed by atoms with van der Waals surface area (Å²) >= 11 is 1.15. The number of amides is 1. The number of esters is 1. The van der Waals surface area contributed by atoms with Crippen LogP contribution in [0.5, 0.6) is 0 Å². The van der Waals surface area contributed by atoms with Crippen molar-refractivity contribution in [3.63, 3.8) is 0 Å². The quantitative estimate of drug-likeness (QED) is 0.272. The van der Waals surface area contributed by atoms with Crippen molar-refractivity contribution in [3.8, 4) is 0 Å². The first-order valence-electron chi connectivity index (χ1n) is 9.52. The second-order valence-electron chi connectivity index (χ2n) is 7.04. The standard InChI is InChI=1S/C17H21F3N6O6S/c1-31-15(29)7(25-16(30)17(18,19)20)2-3-33-4-8-10(27)11(28)14(32-8)26-6-24-9-12(21)22-5-23-13(9)26/h5-8,10-11,14,27-28H,2-4H2,1H3,(H,25,30)(H2,21,22,23)/t7-,8+,10+,11+,14+/m0/s1. The van der Waals surface area contributed by atoms with E-state index >= 15 is 0 Å². The minimum Gasteiger partial charge on any atom is -0.467 e. The van der Waals surface area contributed by atoms with E-state index in [0.29, 0.717) is 11.2 Å². The van der Waals surface area contributed by atoms with Crippen LogP contribution in [0.4, 0.5) is 19.0 Å². The number of halogens is 3. The molecule has 0 aliphatic carbocycles. The molecule has 2 aromatic heterocycles. The van der Waals surface area contributed by atoms with Gasteiger partial charge < -0.3 is 30.7 Å². The Morgan fingerprint density at radius 1 is 1.33 bits per heavy atom. The van der Waals surface area contributed by atoms with Gasteiger partial charge in [0, 0.05) is 5.75 Å². The first-order valence-corrected chi connectivity index (χ1v) is 10.7. The van der Waals surface area contributed by atoms with Crippen molar-refractivity contribution in [1.82, 2.24) is 24.8 Å². The van der Waals surface area contributed by atoms with Crippen molar-refractivity contribution >= 4 is 40.6 Å². The van der Waals surface area contributed by atoms with Gasteiger partial charge in [-0.3, -0.25) is 9.36 Å². The third kappa shape index (κ3) is 5.45. The molecule has 182 valence electrons. The van der Waals surface area contributed by atoms with Gasteiger partial charge in [0.1, 0.15) is 30.1 Å². The van der Waals surface area contributed by atoms with Gasteiger partial charge in [-0.25, -0.2) is 19.7 Å². The highest BCUT2D eigenvalue weighted by Gasteiger charge is 2.44. The Bertz CT molecular complexity index is 1010. The number of methoxy groups -OCH3 is 1. The smallest absolute Gasteiger partial charge is 0.467 e. The molecule has 5 N–H and O–H groups in total. The molecular weight excluding hydrogens is 473 g/mol. The third-order valence-electron chi connectivity index (χ3n) is 4.88. The molecule has 1 aliphatic heterocycles. The van der Waals surface area contributed by atoms with Crippen LogP contribution in [0.2, 0.25) is 0 Å². The molecule has 1 amide bonds. The molecule has 0 radical (unpaired) electrons. The number of aliphatic hydroxyl groups is 2. The minimum atomic E-state index is -5.14. The number of aliphatic hydroxyl groups excluding tert-OH is 2. The lowest BCUT2D eigenvalue weighted by Crippen LogP contribution is -2.47. The van der Waals surface area contributed by atoms with Crippen molar-refractivity contribution in [2.45, 2.75) is 43.2 Å². The van der Waals surface area contributed by atoms with E-state index < -0.39 is 48.6 Å². The fraction of sp³-hybridized carbons (Fsp3) is 0.588. The van der Waals surface area contributed by atoms with Crippen molar-refractivity contribution in [2.24, 2.45) is 0 Å². The molecule has 1 fully saturated rings. The number of hydrogen-bond donors (Lipinski definition) is 4. The van der Waals surface area contributed by atoms with Crippen LogP contribution >= 0.6 is 11.8 Å². The fourth-order valence-electron chi connectivity index (χ4n) is 3.18. The molecule has 2 aromatic rings. The molecule has 1 aliphatic rings. The van der Waals surface area contributed by atoms with E-state index in [-0.39, 0.29) is 23.7 Å². The number of hydrogen-bond acceptors (Lipinski definition) is 11. The molecule has 0 spiro atoms. The maximum absolute atomic E-state index is 12.5. The lowest BCUT2D eigenvalue weighted by Gasteiger charge is -2.18. The number of thioether (sulfide) groups is 1. The van der Waals surface area contributed by atoms with E-state index in [9.17, 15) is 33.0 Å². The molecule has 3 heterocycles. The van der Waals surface area contributed by atoms with Gasteiger partial charge in [-0.2, -0.15) is 24.9 Å². The van der Waals surface area contributed by atoms with Gasteiger partial charge in [0.15, 0.2) is 17.7 Å². The van der Waals surface area contributed by atoms with Crippen LogP contribution in [0.1, 0.15) is 12.6 Å². The average Bonchev–Trinajstić information content (AvgIpc) is 3.31. The zero-order valence-corrected chi connectivity index (χ0v) is 17.9. The lowest BCUT2D eigenvalue weighted by molar-refractivity contribution is -0.175. The van der Waals surface area contributed by atoms with Gasteiger partial charge in [0.2, 0.25) is 0 Å². The predicted octanol–water partition coefficient (Wildman–Crippen LogP) is -0.629. The van der Waals surface area contributed by atoms with Crippen molar-refractivity contribution < 1.29 is 42.4 Å². The zero-order chi connectivity index (χ0) is 24.3. The fourth-order valence-corrected chi connectivity index (χ4v) is 4.26. The van der Waals surface area contributed by atoms with Crippen LogP contribution < -0.4 is 11.1 Å². The van der Waals surface area contributed by atoms with E-state index in [4.69, 9.17) is 10.5 Å². The number of fused-ring (bicyclic) bond motifs is 1. The summed E-state index contributed by atoms with van der Waals surface area (Å²) in [5.41, 5.74) is 6.34. The molecular formula is C17H21F3N6O6S. The Morgan fingerprint density at radius 2 is 2.06 bits per heavy atom. The van der Waals surface area contributed by atoms with E-state index in [2.05, 4.69) is 19.7 Å². The van der Waals surface area contributed by atoms with E-state index in [0.717, 1.165) is 18.9 Å². The number of rotatable bonds is 8. The average molecular weight is 494 g/mol. The highest BCUT2D eigenvalue weighted by atomic mass is 32.2. The first kappa shape index (κ1) is 24.9. The van der Waals surface area contributed by atoms with E-state index in [1.54, 1.807) is 5.32 Å². The topological polar surface area (TPSA) is 175 Å². The predicted molar refractivity (Wildman–Crippen MR) is 108 cm³/mol. The lowest BCUT2D eigenvalue weighted by atomic mass is 10.1. The molecule has 0 bridgehead atoms. The van der Waals surface area contributed by atoms with Crippen LogP contribution in [0.25, 0.3) is 11.2 Å². The molecule has 1 saturated heterocycles. The number of alkyl halides is 3. The maximum atomic E-state index is 12.5. The Balaban J connectivity index is 1.57. The largest absolute Gasteiger partial charge is 0.471 e. The van der Waals surface area contributed by atoms with Gasteiger partial charge in [0.05, 0.1) is 19.5 Å². The summed E-state index contributed by atoms with van der Waals surface area (Å²) in [5, 5.41) is 22.4. The van der Waals surface area contributed by atoms with Crippen molar-refractivity contribution in [2.75, 3.05) is 24.3 Å². The van der Waals surface area contributed by atoms with Crippen LogP contribution in [-0.2, 0) is 19.1 Å². The molecule has 0 aromatic carbocycles. The Morgan fingerprint density at radius 3 is 2.73 bits per heavy atom. The highest BCUT2D eigenvalue weighted by Crippen LogP contribution is 2.33. The van der Waals surface area contributed by atoms with Crippen molar-refractivity contribution in [3.05, 3.63) is 12.7 Å². The third-order valence-corrected chi connectivity index (χ3v) is 5.97. The minimum absolute atomic E-state index is 0.128. The SMILES string of the molecule is COC(=O)[C@H](CCSC[C@H]1O[C@@H](n2cnc3c(N)ncnc32)[C@H](O)[C@@H]1O)NC(=O)C(F)(F)F. The van der Waals surface area contributed by atoms with Crippen LogP contribution in [-0.4, -0.2) is 90.8 Å². The summed E-state index contributed by atoms with van der Waals surface area (Å²) in [4.78, 5) is 34.8. The summed E-state index contributed by atoms with van der Waals surface area (Å²) < 4.78 is 49.0. The Labute approximate surface area is 188 Å². The number of imidazole rings is 1. The zero-order valence-electron chi connectivity index (χ0n) is 17.1. The number of nitrogen functional groups attached to an aromatic ring is 1. The monoisotopic (exact) mass is 494 g/mol. The molecule has 3 rings (SSSR count). The molecule has 33 heavy (non-hydrogen) atoms.